The van der Waals surface area contributed by atoms with Crippen LogP contribution in [0.5, 0.6) is 11.5 Å². The van der Waals surface area contributed by atoms with E-state index in [2.05, 4.69) is 5.32 Å². The largest absolute Gasteiger partial charge is 0.493 e. The summed E-state index contributed by atoms with van der Waals surface area (Å²) in [6, 6.07) is 11.3. The zero-order valence-corrected chi connectivity index (χ0v) is 15.9. The van der Waals surface area contributed by atoms with E-state index in [0.717, 1.165) is 5.56 Å². The van der Waals surface area contributed by atoms with Crippen LogP contribution in [0, 0.1) is 11.7 Å². The molecule has 1 N–H and O–H groups in total. The third kappa shape index (κ3) is 4.60. The molecule has 3 rings (SSSR count). The number of halogens is 1. The molecule has 1 heterocycles. The molecule has 0 radical (unpaired) electrons. The first-order valence-corrected chi connectivity index (χ1v) is 9.05. The Balaban J connectivity index is 1.56. The summed E-state index contributed by atoms with van der Waals surface area (Å²) in [5, 5.41) is 2.84. The van der Waals surface area contributed by atoms with Gasteiger partial charge in [0.25, 0.3) is 0 Å². The Labute approximate surface area is 163 Å². The highest BCUT2D eigenvalue weighted by Gasteiger charge is 2.34. The van der Waals surface area contributed by atoms with E-state index in [1.165, 1.54) is 19.2 Å². The molecule has 7 heteroatoms. The van der Waals surface area contributed by atoms with E-state index in [0.29, 0.717) is 36.7 Å². The molecule has 0 spiro atoms. The number of benzene rings is 2. The zero-order chi connectivity index (χ0) is 20.1. The molecule has 2 amide bonds. The van der Waals surface area contributed by atoms with Crippen LogP contribution in [0.2, 0.25) is 0 Å². The standard InChI is InChI=1S/C21H23FN2O4/c1-27-18-8-7-17(12-19(18)28-2)23-21(26)15-11-20(25)24(13-15)10-9-14-3-5-16(22)6-4-14/h3-8,12,15H,9-11,13H2,1-2H3,(H,23,26). The van der Waals surface area contributed by atoms with Crippen molar-refractivity contribution in [3.05, 3.63) is 53.8 Å². The topological polar surface area (TPSA) is 67.9 Å². The van der Waals surface area contributed by atoms with E-state index in [4.69, 9.17) is 9.47 Å². The molecule has 0 bridgehead atoms. The van der Waals surface area contributed by atoms with E-state index in [1.807, 2.05) is 0 Å². The smallest absolute Gasteiger partial charge is 0.229 e. The van der Waals surface area contributed by atoms with Crippen LogP contribution >= 0.6 is 0 Å². The lowest BCUT2D eigenvalue weighted by Crippen LogP contribution is -2.30. The Morgan fingerprint density at radius 1 is 1.14 bits per heavy atom. The van der Waals surface area contributed by atoms with Crippen molar-refractivity contribution in [2.24, 2.45) is 5.92 Å². The summed E-state index contributed by atoms with van der Waals surface area (Å²) in [5.41, 5.74) is 1.53. The summed E-state index contributed by atoms with van der Waals surface area (Å²) >= 11 is 0. The highest BCUT2D eigenvalue weighted by Crippen LogP contribution is 2.30. The monoisotopic (exact) mass is 386 g/mol. The maximum Gasteiger partial charge on any atom is 0.229 e. The van der Waals surface area contributed by atoms with E-state index >= 15 is 0 Å². The number of carbonyl (C=O) groups is 2. The first kappa shape index (κ1) is 19.7. The number of methoxy groups -OCH3 is 2. The third-order valence-electron chi connectivity index (χ3n) is 4.82. The van der Waals surface area contributed by atoms with E-state index in [-0.39, 0.29) is 24.1 Å². The molecular formula is C21H23FN2O4. The number of anilines is 1. The number of amides is 2. The molecule has 6 nitrogen and oxygen atoms in total. The summed E-state index contributed by atoms with van der Waals surface area (Å²) in [6.07, 6.45) is 0.804. The van der Waals surface area contributed by atoms with Crippen molar-refractivity contribution in [2.45, 2.75) is 12.8 Å². The molecule has 0 saturated carbocycles. The van der Waals surface area contributed by atoms with Crippen LogP contribution in [0.25, 0.3) is 0 Å². The zero-order valence-electron chi connectivity index (χ0n) is 15.9. The normalized spacial score (nSPS) is 16.2. The lowest BCUT2D eigenvalue weighted by Gasteiger charge is -2.17. The molecule has 148 valence electrons. The number of likely N-dealkylation sites (tertiary alicyclic amines) is 1. The van der Waals surface area contributed by atoms with Crippen molar-refractivity contribution in [3.8, 4) is 11.5 Å². The summed E-state index contributed by atoms with van der Waals surface area (Å²) in [6.45, 7) is 0.879. The predicted octanol–water partition coefficient (Wildman–Crippen LogP) is 2.87. The van der Waals surface area contributed by atoms with Gasteiger partial charge in [0.15, 0.2) is 11.5 Å². The fraction of sp³-hybridized carbons (Fsp3) is 0.333. The average Bonchev–Trinajstić information content (AvgIpc) is 3.08. The molecule has 1 fully saturated rings. The fourth-order valence-electron chi connectivity index (χ4n) is 3.24. The Morgan fingerprint density at radius 2 is 1.86 bits per heavy atom. The van der Waals surface area contributed by atoms with Gasteiger partial charge < -0.3 is 19.7 Å². The molecule has 2 aromatic carbocycles. The first-order valence-electron chi connectivity index (χ1n) is 9.05. The van der Waals surface area contributed by atoms with Gasteiger partial charge in [0.1, 0.15) is 5.82 Å². The van der Waals surface area contributed by atoms with Gasteiger partial charge in [0.05, 0.1) is 20.1 Å². The SMILES string of the molecule is COc1ccc(NC(=O)C2CC(=O)N(CCc3ccc(F)cc3)C2)cc1OC. The molecular weight excluding hydrogens is 363 g/mol. The summed E-state index contributed by atoms with van der Waals surface area (Å²) < 4.78 is 23.4. The highest BCUT2D eigenvalue weighted by molar-refractivity contribution is 5.97. The number of carbonyl (C=O) groups excluding carboxylic acids is 2. The van der Waals surface area contributed by atoms with E-state index in [1.54, 1.807) is 42.3 Å². The average molecular weight is 386 g/mol. The maximum atomic E-state index is 13.0. The molecule has 0 aliphatic carbocycles. The highest BCUT2D eigenvalue weighted by atomic mass is 19.1. The Kier molecular flexibility index (Phi) is 6.13. The lowest BCUT2D eigenvalue weighted by molar-refractivity contribution is -0.128. The van der Waals surface area contributed by atoms with Gasteiger partial charge in [-0.25, -0.2) is 4.39 Å². The molecule has 1 aliphatic rings. The molecule has 2 aromatic rings. The van der Waals surface area contributed by atoms with Crippen molar-refractivity contribution in [1.29, 1.82) is 0 Å². The van der Waals surface area contributed by atoms with Gasteiger partial charge >= 0.3 is 0 Å². The second-order valence-electron chi connectivity index (χ2n) is 6.68. The van der Waals surface area contributed by atoms with Crippen molar-refractivity contribution in [2.75, 3.05) is 32.6 Å². The number of rotatable bonds is 7. The predicted molar refractivity (Wildman–Crippen MR) is 103 cm³/mol. The van der Waals surface area contributed by atoms with Crippen molar-refractivity contribution in [3.63, 3.8) is 0 Å². The van der Waals surface area contributed by atoms with Crippen LogP contribution < -0.4 is 14.8 Å². The lowest BCUT2D eigenvalue weighted by atomic mass is 10.1. The van der Waals surface area contributed by atoms with Crippen LogP contribution in [0.3, 0.4) is 0 Å². The van der Waals surface area contributed by atoms with Gasteiger partial charge in [-0.05, 0) is 36.2 Å². The van der Waals surface area contributed by atoms with Gasteiger partial charge in [-0.2, -0.15) is 0 Å². The van der Waals surface area contributed by atoms with E-state index in [9.17, 15) is 14.0 Å². The van der Waals surface area contributed by atoms with Crippen molar-refractivity contribution in [1.82, 2.24) is 4.90 Å². The quantitative estimate of drug-likeness (QED) is 0.795. The molecule has 0 aromatic heterocycles. The molecule has 1 saturated heterocycles. The van der Waals surface area contributed by atoms with E-state index < -0.39 is 5.92 Å². The molecule has 1 aliphatic heterocycles. The fourth-order valence-corrected chi connectivity index (χ4v) is 3.24. The second-order valence-corrected chi connectivity index (χ2v) is 6.68. The maximum absolute atomic E-state index is 13.0. The summed E-state index contributed by atoms with van der Waals surface area (Å²) in [4.78, 5) is 26.5. The van der Waals surface area contributed by atoms with Gasteiger partial charge in [0, 0.05) is 31.3 Å². The summed E-state index contributed by atoms with van der Waals surface area (Å²) in [5.74, 6) is 0.147. The Morgan fingerprint density at radius 3 is 2.54 bits per heavy atom. The van der Waals surface area contributed by atoms with Crippen LogP contribution in [-0.4, -0.2) is 44.0 Å². The number of ether oxygens (including phenoxy) is 2. The van der Waals surface area contributed by atoms with Crippen molar-refractivity contribution >= 4 is 17.5 Å². The minimum atomic E-state index is -0.409. The van der Waals surface area contributed by atoms with Crippen LogP contribution in [0.4, 0.5) is 10.1 Å². The number of hydrogen-bond acceptors (Lipinski definition) is 4. The molecule has 28 heavy (non-hydrogen) atoms. The van der Waals surface area contributed by atoms with Crippen LogP contribution in [0.1, 0.15) is 12.0 Å². The summed E-state index contributed by atoms with van der Waals surface area (Å²) in [7, 11) is 3.07. The second kappa shape index (κ2) is 8.73. The van der Waals surface area contributed by atoms with Gasteiger partial charge in [0.2, 0.25) is 11.8 Å². The Hall–Kier alpha value is -3.09. The number of nitrogens with one attached hydrogen (secondary N) is 1. The van der Waals surface area contributed by atoms with Gasteiger partial charge in [-0.3, -0.25) is 9.59 Å². The minimum Gasteiger partial charge on any atom is -0.493 e. The van der Waals surface area contributed by atoms with Gasteiger partial charge in [-0.15, -0.1) is 0 Å². The first-order chi connectivity index (χ1) is 13.5. The van der Waals surface area contributed by atoms with Crippen LogP contribution in [-0.2, 0) is 16.0 Å². The minimum absolute atomic E-state index is 0.0467. The van der Waals surface area contributed by atoms with Crippen molar-refractivity contribution < 1.29 is 23.5 Å². The molecule has 1 atom stereocenters. The van der Waals surface area contributed by atoms with Crippen LogP contribution in [0.15, 0.2) is 42.5 Å². The third-order valence-corrected chi connectivity index (χ3v) is 4.82. The van der Waals surface area contributed by atoms with Gasteiger partial charge in [-0.1, -0.05) is 12.1 Å². The molecule has 1 unspecified atom stereocenters. The Bertz CT molecular complexity index is 854. The number of hydrogen-bond donors (Lipinski definition) is 1. The number of nitrogens with zero attached hydrogens (tertiary/aromatic N) is 1.